The molecule has 0 aliphatic rings. The second-order valence-corrected chi connectivity index (χ2v) is 6.83. The van der Waals surface area contributed by atoms with Gasteiger partial charge < -0.3 is 4.57 Å². The fraction of sp³-hybridized carbons (Fsp3) is 0.278. The maximum atomic E-state index is 12.7. The first kappa shape index (κ1) is 17.3. The highest BCUT2D eigenvalue weighted by molar-refractivity contribution is 7.18. The summed E-state index contributed by atoms with van der Waals surface area (Å²) in [6, 6.07) is 5.86. The SMILES string of the molecule is C=CCN(N)C(=O)c1c(CC)c2sc(Cc3ccccn3)nc2n1C. The summed E-state index contributed by atoms with van der Waals surface area (Å²) in [5.41, 5.74) is 3.40. The monoisotopic (exact) mass is 355 g/mol. The minimum atomic E-state index is -0.212. The Kier molecular flexibility index (Phi) is 4.96. The molecule has 0 saturated carbocycles. The van der Waals surface area contributed by atoms with E-state index in [1.54, 1.807) is 23.6 Å². The first-order chi connectivity index (χ1) is 12.1. The maximum absolute atomic E-state index is 12.7. The van der Waals surface area contributed by atoms with Gasteiger partial charge >= 0.3 is 0 Å². The Balaban J connectivity index is 2.01. The number of nitrogens with zero attached hydrogens (tertiary/aromatic N) is 4. The minimum absolute atomic E-state index is 0.212. The number of hydrazine groups is 1. The van der Waals surface area contributed by atoms with Crippen molar-refractivity contribution in [3.8, 4) is 0 Å². The molecule has 0 fully saturated rings. The highest BCUT2D eigenvalue weighted by Gasteiger charge is 2.25. The molecule has 1 amide bonds. The Bertz CT molecular complexity index is 913. The van der Waals surface area contributed by atoms with Crippen LogP contribution >= 0.6 is 11.3 Å². The van der Waals surface area contributed by atoms with Crippen LogP contribution in [-0.2, 0) is 19.9 Å². The number of carbonyl (C=O) groups excluding carboxylic acids is 1. The second-order valence-electron chi connectivity index (χ2n) is 5.74. The molecule has 0 aliphatic heterocycles. The number of rotatable bonds is 6. The fourth-order valence-electron chi connectivity index (χ4n) is 2.89. The van der Waals surface area contributed by atoms with Crippen LogP contribution in [0.1, 0.15) is 33.7 Å². The van der Waals surface area contributed by atoms with Crippen molar-refractivity contribution in [2.75, 3.05) is 6.54 Å². The van der Waals surface area contributed by atoms with Crippen LogP contribution in [0.15, 0.2) is 37.1 Å². The van der Waals surface area contributed by atoms with E-state index in [1.165, 1.54) is 5.01 Å². The van der Waals surface area contributed by atoms with Crippen molar-refractivity contribution in [1.29, 1.82) is 0 Å². The quantitative estimate of drug-likeness (QED) is 0.319. The van der Waals surface area contributed by atoms with Crippen molar-refractivity contribution in [3.63, 3.8) is 0 Å². The average Bonchev–Trinajstić information content (AvgIpc) is 3.13. The lowest BCUT2D eigenvalue weighted by Crippen LogP contribution is -2.38. The first-order valence-corrected chi connectivity index (χ1v) is 8.92. The predicted molar refractivity (Wildman–Crippen MR) is 100 cm³/mol. The Morgan fingerprint density at radius 3 is 2.92 bits per heavy atom. The number of carbonyl (C=O) groups is 1. The molecule has 0 spiro atoms. The number of aromatic nitrogens is 3. The van der Waals surface area contributed by atoms with Gasteiger partial charge in [-0.05, 0) is 18.6 Å². The summed E-state index contributed by atoms with van der Waals surface area (Å²) >= 11 is 1.62. The molecule has 0 atom stereocenters. The van der Waals surface area contributed by atoms with Crippen LogP contribution in [-0.4, -0.2) is 32.0 Å². The van der Waals surface area contributed by atoms with Crippen LogP contribution in [0.2, 0.25) is 0 Å². The van der Waals surface area contributed by atoms with Crippen LogP contribution < -0.4 is 5.84 Å². The van der Waals surface area contributed by atoms with Gasteiger partial charge in [0, 0.05) is 30.9 Å². The number of nitrogens with two attached hydrogens (primary N) is 1. The zero-order valence-electron chi connectivity index (χ0n) is 14.4. The van der Waals surface area contributed by atoms with E-state index in [9.17, 15) is 4.79 Å². The van der Waals surface area contributed by atoms with E-state index in [-0.39, 0.29) is 5.91 Å². The molecule has 3 aromatic heterocycles. The first-order valence-electron chi connectivity index (χ1n) is 8.11. The summed E-state index contributed by atoms with van der Waals surface area (Å²) < 4.78 is 2.89. The zero-order chi connectivity index (χ0) is 18.0. The summed E-state index contributed by atoms with van der Waals surface area (Å²) in [5.74, 6) is 5.64. The van der Waals surface area contributed by atoms with Gasteiger partial charge in [-0.2, -0.15) is 0 Å². The lowest BCUT2D eigenvalue weighted by molar-refractivity contribution is 0.0763. The number of pyridine rings is 1. The van der Waals surface area contributed by atoms with Gasteiger partial charge in [-0.3, -0.25) is 14.8 Å². The van der Waals surface area contributed by atoms with Gasteiger partial charge in [0.2, 0.25) is 0 Å². The average molecular weight is 355 g/mol. The molecule has 130 valence electrons. The van der Waals surface area contributed by atoms with Crippen molar-refractivity contribution in [2.45, 2.75) is 19.8 Å². The van der Waals surface area contributed by atoms with Crippen molar-refractivity contribution >= 4 is 27.6 Å². The molecule has 25 heavy (non-hydrogen) atoms. The molecular formula is C18H21N5OS. The number of amides is 1. The van der Waals surface area contributed by atoms with Gasteiger partial charge in [0.05, 0.1) is 11.2 Å². The molecular weight excluding hydrogens is 334 g/mol. The Morgan fingerprint density at radius 2 is 2.28 bits per heavy atom. The molecule has 3 aromatic rings. The predicted octanol–water partition coefficient (Wildman–Crippen LogP) is 2.68. The summed E-state index contributed by atoms with van der Waals surface area (Å²) in [6.45, 7) is 5.97. The summed E-state index contributed by atoms with van der Waals surface area (Å²) in [7, 11) is 1.86. The molecule has 3 heterocycles. The molecule has 0 aliphatic carbocycles. The molecule has 6 nitrogen and oxygen atoms in total. The fourth-order valence-corrected chi connectivity index (χ4v) is 4.11. The lowest BCUT2D eigenvalue weighted by Gasteiger charge is -2.16. The van der Waals surface area contributed by atoms with E-state index >= 15 is 0 Å². The third-order valence-corrected chi connectivity index (χ3v) is 5.17. The standard InChI is InChI=1S/C18H21N5OS/c1-4-10-23(19)18(24)15-13(5-2)16-17(22(15)3)21-14(25-16)11-12-8-6-7-9-20-12/h4,6-9H,1,5,10-11,19H2,2-3H3. The Morgan fingerprint density at radius 1 is 1.48 bits per heavy atom. The number of aryl methyl sites for hydroxylation is 2. The Labute approximate surface area is 150 Å². The van der Waals surface area contributed by atoms with Gasteiger partial charge in [-0.25, -0.2) is 10.8 Å². The van der Waals surface area contributed by atoms with Crippen molar-refractivity contribution in [2.24, 2.45) is 12.9 Å². The minimum Gasteiger partial charge on any atom is -0.323 e. The highest BCUT2D eigenvalue weighted by Crippen LogP contribution is 2.32. The summed E-state index contributed by atoms with van der Waals surface area (Å²) in [6.07, 6.45) is 4.82. The smallest absolute Gasteiger partial charge is 0.285 e. The molecule has 0 bridgehead atoms. The molecule has 0 radical (unpaired) electrons. The number of hydrogen-bond acceptors (Lipinski definition) is 5. The van der Waals surface area contributed by atoms with Crippen LogP contribution in [0.25, 0.3) is 10.3 Å². The van der Waals surface area contributed by atoms with Gasteiger partial charge in [-0.1, -0.05) is 19.1 Å². The van der Waals surface area contributed by atoms with E-state index in [0.29, 0.717) is 18.7 Å². The molecule has 0 saturated heterocycles. The molecule has 3 rings (SSSR count). The van der Waals surface area contributed by atoms with Crippen LogP contribution in [0.4, 0.5) is 0 Å². The van der Waals surface area contributed by atoms with E-state index in [2.05, 4.69) is 11.6 Å². The maximum Gasteiger partial charge on any atom is 0.285 e. The number of hydrogen-bond donors (Lipinski definition) is 1. The van der Waals surface area contributed by atoms with Gasteiger partial charge in [0.1, 0.15) is 10.7 Å². The van der Waals surface area contributed by atoms with Crippen LogP contribution in [0, 0.1) is 0 Å². The zero-order valence-corrected chi connectivity index (χ0v) is 15.2. The van der Waals surface area contributed by atoms with Crippen molar-refractivity contribution < 1.29 is 4.79 Å². The van der Waals surface area contributed by atoms with Crippen molar-refractivity contribution in [3.05, 3.63) is 59.0 Å². The second kappa shape index (κ2) is 7.16. The number of thiazole rings is 1. The third kappa shape index (κ3) is 3.20. The van der Waals surface area contributed by atoms with Gasteiger partial charge in [-0.15, -0.1) is 17.9 Å². The van der Waals surface area contributed by atoms with Gasteiger partial charge in [0.25, 0.3) is 5.91 Å². The lowest BCUT2D eigenvalue weighted by atomic mass is 10.2. The topological polar surface area (TPSA) is 77.0 Å². The molecule has 7 heteroatoms. The molecule has 0 unspecified atom stereocenters. The Hall–Kier alpha value is -2.51. The van der Waals surface area contributed by atoms with E-state index in [4.69, 9.17) is 10.8 Å². The molecule has 0 aromatic carbocycles. The van der Waals surface area contributed by atoms with Gasteiger partial charge in [0.15, 0.2) is 5.65 Å². The molecule has 2 N–H and O–H groups in total. The highest BCUT2D eigenvalue weighted by atomic mass is 32.1. The van der Waals surface area contributed by atoms with Crippen LogP contribution in [0.3, 0.4) is 0 Å². The summed E-state index contributed by atoms with van der Waals surface area (Å²) in [5, 5.41) is 2.17. The third-order valence-electron chi connectivity index (χ3n) is 4.07. The largest absolute Gasteiger partial charge is 0.323 e. The normalized spacial score (nSPS) is 11.0. The summed E-state index contributed by atoms with van der Waals surface area (Å²) in [4.78, 5) is 21.8. The van der Waals surface area contributed by atoms with E-state index < -0.39 is 0 Å². The van der Waals surface area contributed by atoms with Crippen molar-refractivity contribution in [1.82, 2.24) is 19.5 Å². The van der Waals surface area contributed by atoms with Crippen LogP contribution in [0.5, 0.6) is 0 Å². The van der Waals surface area contributed by atoms with E-state index in [0.717, 1.165) is 33.0 Å². The number of fused-ring (bicyclic) bond motifs is 1. The van der Waals surface area contributed by atoms with E-state index in [1.807, 2.05) is 36.7 Å².